The second-order valence-corrected chi connectivity index (χ2v) is 8.18. The van der Waals surface area contributed by atoms with E-state index in [0.717, 1.165) is 49.8 Å². The molecule has 1 amide bonds. The normalized spacial score (nSPS) is 27.5. The fraction of sp³-hybridized carbons (Fsp3) is 0.619. The van der Waals surface area contributed by atoms with Crippen LogP contribution in [0.5, 0.6) is 5.75 Å². The molecule has 1 aliphatic heterocycles. The van der Waals surface area contributed by atoms with E-state index in [0.29, 0.717) is 19.0 Å². The van der Waals surface area contributed by atoms with Gasteiger partial charge in [0.1, 0.15) is 5.75 Å². The number of carbonyl (C=O) groups is 2. The van der Waals surface area contributed by atoms with Crippen LogP contribution in [0.3, 0.4) is 0 Å². The quantitative estimate of drug-likeness (QED) is 0.879. The standard InChI is InChI=1S/C21H27NO4/c1-26-16-6-4-5-15(11-16)21(9-2-3-10-21)20(25)22-12-17(14-7-8-14)18(13-22)19(23)24/h4-6,11,14,17-18H,2-3,7-10,12-13H2,1H3,(H,23,24)/t17-,18+/m1/s1. The van der Waals surface area contributed by atoms with Gasteiger partial charge in [-0.1, -0.05) is 25.0 Å². The predicted octanol–water partition coefficient (Wildman–Crippen LogP) is 3.08. The minimum Gasteiger partial charge on any atom is -0.497 e. The molecule has 1 N–H and O–H groups in total. The first-order valence-electron chi connectivity index (χ1n) is 9.72. The number of amides is 1. The lowest BCUT2D eigenvalue weighted by Crippen LogP contribution is -2.45. The Bertz CT molecular complexity index is 706. The van der Waals surface area contributed by atoms with Crippen molar-refractivity contribution < 1.29 is 19.4 Å². The summed E-state index contributed by atoms with van der Waals surface area (Å²) in [6.45, 7) is 0.966. The van der Waals surface area contributed by atoms with Crippen molar-refractivity contribution in [2.24, 2.45) is 17.8 Å². The van der Waals surface area contributed by atoms with Crippen molar-refractivity contribution in [1.82, 2.24) is 4.90 Å². The Morgan fingerprint density at radius 3 is 2.54 bits per heavy atom. The molecule has 5 heteroatoms. The van der Waals surface area contributed by atoms with Crippen LogP contribution in [0.15, 0.2) is 24.3 Å². The molecule has 1 aromatic carbocycles. The van der Waals surface area contributed by atoms with Crippen LogP contribution in [0.4, 0.5) is 0 Å². The second-order valence-electron chi connectivity index (χ2n) is 8.18. The number of rotatable bonds is 5. The number of methoxy groups -OCH3 is 1. The summed E-state index contributed by atoms with van der Waals surface area (Å²) in [5.41, 5.74) is 0.497. The number of likely N-dealkylation sites (tertiary alicyclic amines) is 1. The summed E-state index contributed by atoms with van der Waals surface area (Å²) >= 11 is 0. The molecular formula is C21H27NO4. The third kappa shape index (κ3) is 2.87. The summed E-state index contributed by atoms with van der Waals surface area (Å²) in [5.74, 6) is 0.347. The van der Waals surface area contributed by atoms with Gasteiger partial charge in [0.2, 0.25) is 5.91 Å². The molecule has 1 heterocycles. The van der Waals surface area contributed by atoms with Crippen molar-refractivity contribution >= 4 is 11.9 Å². The molecule has 140 valence electrons. The van der Waals surface area contributed by atoms with Gasteiger partial charge < -0.3 is 14.7 Å². The number of nitrogens with zero attached hydrogens (tertiary/aromatic N) is 1. The fourth-order valence-electron chi connectivity index (χ4n) is 5.09. The van der Waals surface area contributed by atoms with E-state index in [9.17, 15) is 14.7 Å². The first-order chi connectivity index (χ1) is 12.5. The Hall–Kier alpha value is -2.04. The van der Waals surface area contributed by atoms with E-state index in [1.54, 1.807) is 7.11 Å². The third-order valence-electron chi connectivity index (χ3n) is 6.69. The van der Waals surface area contributed by atoms with Gasteiger partial charge in [-0.05, 0) is 55.2 Å². The number of aliphatic carboxylic acids is 1. The molecule has 26 heavy (non-hydrogen) atoms. The van der Waals surface area contributed by atoms with Crippen molar-refractivity contribution in [2.75, 3.05) is 20.2 Å². The first kappa shape index (κ1) is 17.4. The maximum Gasteiger partial charge on any atom is 0.308 e. The Morgan fingerprint density at radius 2 is 1.92 bits per heavy atom. The van der Waals surface area contributed by atoms with Gasteiger partial charge in [0, 0.05) is 13.1 Å². The highest BCUT2D eigenvalue weighted by atomic mass is 16.5. The zero-order valence-electron chi connectivity index (χ0n) is 15.3. The average molecular weight is 357 g/mol. The van der Waals surface area contributed by atoms with Gasteiger partial charge >= 0.3 is 5.97 Å². The Kier molecular flexibility index (Phi) is 4.41. The molecule has 0 unspecified atom stereocenters. The SMILES string of the molecule is COc1cccc(C2(C(=O)N3C[C@H](C(=O)O)[C@@H](C4CC4)C3)CCCC2)c1. The maximum atomic E-state index is 13.6. The van der Waals surface area contributed by atoms with Gasteiger partial charge in [-0.25, -0.2) is 0 Å². The summed E-state index contributed by atoms with van der Waals surface area (Å²) in [4.78, 5) is 27.2. The molecule has 2 saturated carbocycles. The molecule has 0 bridgehead atoms. The summed E-state index contributed by atoms with van der Waals surface area (Å²) in [5, 5.41) is 9.62. The Balaban J connectivity index is 1.62. The Morgan fingerprint density at radius 1 is 1.19 bits per heavy atom. The summed E-state index contributed by atoms with van der Waals surface area (Å²) in [6, 6.07) is 7.84. The van der Waals surface area contributed by atoms with Crippen LogP contribution in [0.25, 0.3) is 0 Å². The molecule has 2 aliphatic carbocycles. The third-order valence-corrected chi connectivity index (χ3v) is 6.69. The molecule has 2 atom stereocenters. The van der Waals surface area contributed by atoms with E-state index in [4.69, 9.17) is 4.74 Å². The van der Waals surface area contributed by atoms with Crippen molar-refractivity contribution in [1.29, 1.82) is 0 Å². The van der Waals surface area contributed by atoms with Crippen LogP contribution < -0.4 is 4.74 Å². The predicted molar refractivity (Wildman–Crippen MR) is 97.1 cm³/mol. The fourth-order valence-corrected chi connectivity index (χ4v) is 5.09. The summed E-state index contributed by atoms with van der Waals surface area (Å²) in [7, 11) is 1.64. The van der Waals surface area contributed by atoms with Crippen LogP contribution in [-0.4, -0.2) is 42.1 Å². The van der Waals surface area contributed by atoms with Crippen LogP contribution in [0.1, 0.15) is 44.1 Å². The second kappa shape index (κ2) is 6.60. The number of benzene rings is 1. The number of ether oxygens (including phenoxy) is 1. The van der Waals surface area contributed by atoms with E-state index >= 15 is 0 Å². The highest BCUT2D eigenvalue weighted by Crippen LogP contribution is 2.48. The molecule has 0 aromatic heterocycles. The van der Waals surface area contributed by atoms with E-state index in [2.05, 4.69) is 0 Å². The van der Waals surface area contributed by atoms with Crippen LogP contribution in [-0.2, 0) is 15.0 Å². The molecule has 0 spiro atoms. The minimum atomic E-state index is -0.751. The molecule has 0 radical (unpaired) electrons. The number of hydrogen-bond acceptors (Lipinski definition) is 3. The lowest BCUT2D eigenvalue weighted by atomic mass is 9.77. The maximum absolute atomic E-state index is 13.6. The van der Waals surface area contributed by atoms with Gasteiger partial charge in [-0.15, -0.1) is 0 Å². The van der Waals surface area contributed by atoms with Crippen LogP contribution in [0, 0.1) is 17.8 Å². The molecule has 3 fully saturated rings. The molecule has 1 aromatic rings. The van der Waals surface area contributed by atoms with Crippen molar-refractivity contribution in [3.63, 3.8) is 0 Å². The molecule has 3 aliphatic rings. The topological polar surface area (TPSA) is 66.8 Å². The Labute approximate surface area is 154 Å². The van der Waals surface area contributed by atoms with Crippen molar-refractivity contribution in [3.8, 4) is 5.75 Å². The average Bonchev–Trinajstić information content (AvgIpc) is 3.21. The lowest BCUT2D eigenvalue weighted by Gasteiger charge is -2.33. The van der Waals surface area contributed by atoms with Gasteiger partial charge in [0.05, 0.1) is 18.4 Å². The van der Waals surface area contributed by atoms with E-state index in [1.807, 2.05) is 29.2 Å². The molecule has 1 saturated heterocycles. The number of hydrogen-bond donors (Lipinski definition) is 1. The van der Waals surface area contributed by atoms with Gasteiger partial charge in [-0.2, -0.15) is 0 Å². The zero-order chi connectivity index (χ0) is 18.3. The number of carbonyl (C=O) groups excluding carboxylic acids is 1. The van der Waals surface area contributed by atoms with E-state index < -0.39 is 17.3 Å². The summed E-state index contributed by atoms with van der Waals surface area (Å²) in [6.07, 6.45) is 5.95. The summed E-state index contributed by atoms with van der Waals surface area (Å²) < 4.78 is 5.37. The lowest BCUT2D eigenvalue weighted by molar-refractivity contribution is -0.143. The van der Waals surface area contributed by atoms with Crippen LogP contribution in [0.2, 0.25) is 0 Å². The van der Waals surface area contributed by atoms with Crippen LogP contribution >= 0.6 is 0 Å². The molecule has 5 nitrogen and oxygen atoms in total. The van der Waals surface area contributed by atoms with Gasteiger partial charge in [-0.3, -0.25) is 9.59 Å². The zero-order valence-corrected chi connectivity index (χ0v) is 15.3. The first-order valence-corrected chi connectivity index (χ1v) is 9.72. The van der Waals surface area contributed by atoms with E-state index in [1.165, 1.54) is 0 Å². The number of carboxylic acids is 1. The monoisotopic (exact) mass is 357 g/mol. The number of carboxylic acid groups (broad SMARTS) is 1. The highest BCUT2D eigenvalue weighted by molar-refractivity contribution is 5.89. The smallest absolute Gasteiger partial charge is 0.308 e. The van der Waals surface area contributed by atoms with E-state index in [-0.39, 0.29) is 11.8 Å². The van der Waals surface area contributed by atoms with Crippen molar-refractivity contribution in [2.45, 2.75) is 43.9 Å². The minimum absolute atomic E-state index is 0.123. The highest BCUT2D eigenvalue weighted by Gasteiger charge is 2.51. The molecular weight excluding hydrogens is 330 g/mol. The van der Waals surface area contributed by atoms with Crippen molar-refractivity contribution in [3.05, 3.63) is 29.8 Å². The van der Waals surface area contributed by atoms with Gasteiger partial charge in [0.15, 0.2) is 0 Å². The largest absolute Gasteiger partial charge is 0.497 e. The van der Waals surface area contributed by atoms with Gasteiger partial charge in [0.25, 0.3) is 0 Å². The molecule has 4 rings (SSSR count).